The van der Waals surface area contributed by atoms with Gasteiger partial charge in [-0.3, -0.25) is 10.1 Å². The summed E-state index contributed by atoms with van der Waals surface area (Å²) < 4.78 is 13.8. The number of aromatic nitrogens is 2. The standard InChI is InChI=1S/C15H15FN4O2/c1-2-14-17-8-10-6-7-19(9-12(10)18-14)13-5-3-4-11(16)15(13)20(21)22/h3-5,8H,2,6-7,9H2,1H3. The Labute approximate surface area is 126 Å². The molecule has 1 aliphatic heterocycles. The number of fused-ring (bicyclic) bond motifs is 1. The summed E-state index contributed by atoms with van der Waals surface area (Å²) in [4.78, 5) is 21.0. The summed E-state index contributed by atoms with van der Waals surface area (Å²) in [6.45, 7) is 2.97. The first kappa shape index (κ1) is 14.4. The minimum atomic E-state index is -0.815. The molecule has 7 heteroatoms. The third-order valence-corrected chi connectivity index (χ3v) is 3.80. The van der Waals surface area contributed by atoms with Gasteiger partial charge in [0.05, 0.1) is 17.2 Å². The van der Waals surface area contributed by atoms with E-state index >= 15 is 0 Å². The zero-order chi connectivity index (χ0) is 15.7. The summed E-state index contributed by atoms with van der Waals surface area (Å²) in [5.74, 6) is -0.0698. The van der Waals surface area contributed by atoms with Crippen LogP contribution in [-0.2, 0) is 19.4 Å². The van der Waals surface area contributed by atoms with Crippen LogP contribution in [-0.4, -0.2) is 21.4 Å². The summed E-state index contributed by atoms with van der Waals surface area (Å²) in [6.07, 6.45) is 3.24. The van der Waals surface area contributed by atoms with Gasteiger partial charge < -0.3 is 4.90 Å². The molecule has 0 atom stereocenters. The molecule has 22 heavy (non-hydrogen) atoms. The Hall–Kier alpha value is -2.57. The lowest BCUT2D eigenvalue weighted by Crippen LogP contribution is -2.32. The monoisotopic (exact) mass is 302 g/mol. The number of hydrogen-bond acceptors (Lipinski definition) is 5. The van der Waals surface area contributed by atoms with Crippen molar-refractivity contribution in [3.05, 3.63) is 57.4 Å². The number of aryl methyl sites for hydroxylation is 1. The molecule has 0 bridgehead atoms. The van der Waals surface area contributed by atoms with Gasteiger partial charge in [0.25, 0.3) is 0 Å². The smallest absolute Gasteiger partial charge is 0.327 e. The quantitative estimate of drug-likeness (QED) is 0.644. The minimum absolute atomic E-state index is 0.298. The number of para-hydroxylation sites is 1. The van der Waals surface area contributed by atoms with Gasteiger partial charge in [-0.2, -0.15) is 4.39 Å². The molecule has 114 valence electrons. The number of benzene rings is 1. The SMILES string of the molecule is CCc1ncc2c(n1)CN(c1cccc(F)c1[N+](=O)[O-])CC2. The van der Waals surface area contributed by atoms with E-state index in [2.05, 4.69) is 9.97 Å². The maximum atomic E-state index is 13.8. The number of halogens is 1. The lowest BCUT2D eigenvalue weighted by molar-refractivity contribution is -0.386. The van der Waals surface area contributed by atoms with Crippen molar-refractivity contribution in [1.29, 1.82) is 0 Å². The molecule has 2 aromatic rings. The maximum Gasteiger partial charge on any atom is 0.327 e. The van der Waals surface area contributed by atoms with Gasteiger partial charge >= 0.3 is 5.69 Å². The summed E-state index contributed by atoms with van der Waals surface area (Å²) in [5.41, 5.74) is 1.73. The van der Waals surface area contributed by atoms with Crippen LogP contribution in [0, 0.1) is 15.9 Å². The molecular formula is C15H15FN4O2. The van der Waals surface area contributed by atoms with Crippen molar-refractivity contribution in [2.45, 2.75) is 26.3 Å². The highest BCUT2D eigenvalue weighted by Crippen LogP contribution is 2.33. The lowest BCUT2D eigenvalue weighted by Gasteiger charge is -2.29. The first-order valence-electron chi connectivity index (χ1n) is 7.11. The molecule has 1 aliphatic rings. The van der Waals surface area contributed by atoms with Crippen LogP contribution >= 0.6 is 0 Å². The van der Waals surface area contributed by atoms with Crippen LogP contribution in [0.2, 0.25) is 0 Å². The molecule has 0 saturated carbocycles. The minimum Gasteiger partial charge on any atom is -0.360 e. The maximum absolute atomic E-state index is 13.8. The van der Waals surface area contributed by atoms with Gasteiger partial charge in [0.2, 0.25) is 5.82 Å². The Balaban J connectivity index is 1.98. The second kappa shape index (κ2) is 5.67. The average Bonchev–Trinajstić information content (AvgIpc) is 2.53. The molecule has 0 aliphatic carbocycles. The predicted octanol–water partition coefficient (Wildman–Crippen LogP) is 2.65. The predicted molar refractivity (Wildman–Crippen MR) is 79.2 cm³/mol. The number of rotatable bonds is 3. The molecule has 6 nitrogen and oxygen atoms in total. The fourth-order valence-electron chi connectivity index (χ4n) is 2.66. The fraction of sp³-hybridized carbons (Fsp3) is 0.333. The third kappa shape index (κ3) is 2.49. The number of nitrogens with zero attached hydrogens (tertiary/aromatic N) is 4. The van der Waals surface area contributed by atoms with E-state index in [0.717, 1.165) is 29.6 Å². The Kier molecular flexibility index (Phi) is 3.70. The molecule has 3 rings (SSSR count). The Morgan fingerprint density at radius 3 is 3.00 bits per heavy atom. The van der Waals surface area contributed by atoms with Crippen molar-refractivity contribution in [2.24, 2.45) is 0 Å². The van der Waals surface area contributed by atoms with E-state index in [9.17, 15) is 14.5 Å². The zero-order valence-electron chi connectivity index (χ0n) is 12.1. The van der Waals surface area contributed by atoms with Crippen LogP contribution in [0.5, 0.6) is 0 Å². The van der Waals surface area contributed by atoms with Gasteiger partial charge in [0.15, 0.2) is 0 Å². The molecule has 0 N–H and O–H groups in total. The largest absolute Gasteiger partial charge is 0.360 e. The first-order valence-corrected chi connectivity index (χ1v) is 7.11. The molecule has 0 unspecified atom stereocenters. The van der Waals surface area contributed by atoms with Crippen molar-refractivity contribution >= 4 is 11.4 Å². The molecule has 0 amide bonds. The molecule has 0 saturated heterocycles. The normalized spacial score (nSPS) is 13.8. The number of nitro benzene ring substituents is 1. The average molecular weight is 302 g/mol. The Morgan fingerprint density at radius 2 is 2.27 bits per heavy atom. The number of anilines is 1. The number of nitro groups is 1. The van der Waals surface area contributed by atoms with E-state index in [1.54, 1.807) is 11.0 Å². The van der Waals surface area contributed by atoms with Crippen molar-refractivity contribution in [1.82, 2.24) is 9.97 Å². The van der Waals surface area contributed by atoms with Gasteiger partial charge in [-0.1, -0.05) is 13.0 Å². The summed E-state index contributed by atoms with van der Waals surface area (Å²) in [7, 11) is 0. The molecule has 0 radical (unpaired) electrons. The van der Waals surface area contributed by atoms with E-state index in [4.69, 9.17) is 0 Å². The van der Waals surface area contributed by atoms with Gasteiger partial charge in [0.1, 0.15) is 11.5 Å². The topological polar surface area (TPSA) is 72.2 Å². The van der Waals surface area contributed by atoms with E-state index < -0.39 is 16.4 Å². The summed E-state index contributed by atoms with van der Waals surface area (Å²) in [5, 5.41) is 11.1. The fourth-order valence-corrected chi connectivity index (χ4v) is 2.66. The lowest BCUT2D eigenvalue weighted by atomic mass is 10.1. The van der Waals surface area contributed by atoms with Crippen LogP contribution in [0.25, 0.3) is 0 Å². The summed E-state index contributed by atoms with van der Waals surface area (Å²) in [6, 6.07) is 4.18. The molecule has 2 heterocycles. The van der Waals surface area contributed by atoms with Crippen molar-refractivity contribution in [2.75, 3.05) is 11.4 Å². The van der Waals surface area contributed by atoms with Crippen LogP contribution in [0.15, 0.2) is 24.4 Å². The number of hydrogen-bond donors (Lipinski definition) is 0. The van der Waals surface area contributed by atoms with Gasteiger partial charge in [-0.05, 0) is 24.1 Å². The van der Waals surface area contributed by atoms with E-state index in [1.807, 2.05) is 13.1 Å². The van der Waals surface area contributed by atoms with Gasteiger partial charge in [-0.25, -0.2) is 9.97 Å². The van der Waals surface area contributed by atoms with Crippen molar-refractivity contribution in [3.8, 4) is 0 Å². The van der Waals surface area contributed by atoms with E-state index in [1.165, 1.54) is 6.07 Å². The summed E-state index contributed by atoms with van der Waals surface area (Å²) >= 11 is 0. The van der Waals surface area contributed by atoms with Crippen LogP contribution < -0.4 is 4.90 Å². The first-order chi connectivity index (χ1) is 10.6. The van der Waals surface area contributed by atoms with Crippen LogP contribution in [0.1, 0.15) is 24.0 Å². The molecular weight excluding hydrogens is 287 g/mol. The Morgan fingerprint density at radius 1 is 1.45 bits per heavy atom. The van der Waals surface area contributed by atoms with Crippen LogP contribution in [0.4, 0.5) is 15.8 Å². The second-order valence-corrected chi connectivity index (χ2v) is 5.15. The highest BCUT2D eigenvalue weighted by atomic mass is 19.1. The van der Waals surface area contributed by atoms with E-state index in [0.29, 0.717) is 25.2 Å². The van der Waals surface area contributed by atoms with Gasteiger partial charge in [-0.15, -0.1) is 0 Å². The zero-order valence-corrected chi connectivity index (χ0v) is 12.1. The Bertz CT molecular complexity index is 735. The molecule has 1 aromatic heterocycles. The molecule has 0 spiro atoms. The van der Waals surface area contributed by atoms with Crippen LogP contribution in [0.3, 0.4) is 0 Å². The molecule has 0 fully saturated rings. The highest BCUT2D eigenvalue weighted by Gasteiger charge is 2.27. The van der Waals surface area contributed by atoms with Crippen molar-refractivity contribution < 1.29 is 9.31 Å². The van der Waals surface area contributed by atoms with Gasteiger partial charge in [0, 0.05) is 19.2 Å². The second-order valence-electron chi connectivity index (χ2n) is 5.15. The third-order valence-electron chi connectivity index (χ3n) is 3.80. The molecule has 1 aromatic carbocycles. The highest BCUT2D eigenvalue weighted by molar-refractivity contribution is 5.64. The van der Waals surface area contributed by atoms with E-state index in [-0.39, 0.29) is 0 Å². The van der Waals surface area contributed by atoms with Crippen molar-refractivity contribution in [3.63, 3.8) is 0 Å².